The molecule has 0 aliphatic carbocycles. The molecule has 4 nitrogen and oxygen atoms in total. The van der Waals surface area contributed by atoms with Crippen LogP contribution in [0.25, 0.3) is 0 Å². The van der Waals surface area contributed by atoms with Gasteiger partial charge in [-0.05, 0) is 28.7 Å². The second-order valence-electron chi connectivity index (χ2n) is 2.07. The number of nitrogens with one attached hydrogen (secondary N) is 1. The van der Waals surface area contributed by atoms with Crippen molar-refractivity contribution in [1.29, 1.82) is 0 Å². The summed E-state index contributed by atoms with van der Waals surface area (Å²) in [5.74, 6) is -1.02. The molecule has 64 valence electrons. The lowest BCUT2D eigenvalue weighted by molar-refractivity contribution is 0.0691. The summed E-state index contributed by atoms with van der Waals surface area (Å²) in [4.78, 5) is 14.4. The molecule has 0 amide bonds. The van der Waals surface area contributed by atoms with Crippen LogP contribution in [0.3, 0.4) is 0 Å². The van der Waals surface area contributed by atoms with Crippen molar-refractivity contribution in [2.45, 2.75) is 0 Å². The average molecular weight is 278 g/mol. The van der Waals surface area contributed by atoms with E-state index in [2.05, 4.69) is 32.9 Å². The minimum absolute atomic E-state index is 0.0596. The third-order valence-corrected chi connectivity index (χ3v) is 2.25. The van der Waals surface area contributed by atoms with Crippen LogP contribution in [-0.2, 0) is 0 Å². The zero-order valence-corrected chi connectivity index (χ0v) is 8.49. The number of anilines is 1. The van der Waals surface area contributed by atoms with Gasteiger partial charge >= 0.3 is 5.97 Å². The van der Waals surface area contributed by atoms with Gasteiger partial charge in [-0.2, -0.15) is 0 Å². The van der Waals surface area contributed by atoms with Crippen LogP contribution in [0.15, 0.2) is 12.3 Å². The van der Waals surface area contributed by atoms with E-state index in [0.29, 0.717) is 5.69 Å². The zero-order chi connectivity index (χ0) is 9.14. The highest BCUT2D eigenvalue weighted by Gasteiger charge is 2.12. The van der Waals surface area contributed by atoms with Gasteiger partial charge in [0, 0.05) is 16.8 Å². The predicted octanol–water partition coefficient (Wildman–Crippen LogP) is 1.43. The van der Waals surface area contributed by atoms with Crippen LogP contribution in [0.1, 0.15) is 10.5 Å². The van der Waals surface area contributed by atoms with Crippen molar-refractivity contribution in [3.05, 3.63) is 21.5 Å². The summed E-state index contributed by atoms with van der Waals surface area (Å²) >= 11 is 2.05. The van der Waals surface area contributed by atoms with Crippen molar-refractivity contribution in [1.82, 2.24) is 4.98 Å². The van der Waals surface area contributed by atoms with E-state index in [0.717, 1.165) is 3.57 Å². The van der Waals surface area contributed by atoms with E-state index < -0.39 is 5.97 Å². The van der Waals surface area contributed by atoms with E-state index in [9.17, 15) is 4.79 Å². The highest BCUT2D eigenvalue weighted by molar-refractivity contribution is 14.1. The van der Waals surface area contributed by atoms with Gasteiger partial charge in [-0.25, -0.2) is 9.78 Å². The minimum atomic E-state index is -1.02. The van der Waals surface area contributed by atoms with Gasteiger partial charge in [0.15, 0.2) is 5.69 Å². The Bertz CT molecular complexity index is 314. The Balaban J connectivity index is 3.27. The molecule has 0 saturated heterocycles. The van der Waals surface area contributed by atoms with Crippen molar-refractivity contribution in [2.75, 3.05) is 12.4 Å². The van der Waals surface area contributed by atoms with E-state index in [1.54, 1.807) is 13.1 Å². The summed E-state index contributed by atoms with van der Waals surface area (Å²) in [5, 5.41) is 11.5. The van der Waals surface area contributed by atoms with Crippen LogP contribution >= 0.6 is 22.6 Å². The third-order valence-electron chi connectivity index (χ3n) is 1.35. The molecule has 2 N–H and O–H groups in total. The first-order valence-electron chi connectivity index (χ1n) is 3.22. The van der Waals surface area contributed by atoms with Crippen molar-refractivity contribution < 1.29 is 9.90 Å². The maximum Gasteiger partial charge on any atom is 0.356 e. The van der Waals surface area contributed by atoms with Crippen LogP contribution in [0.4, 0.5) is 5.69 Å². The molecule has 1 rings (SSSR count). The van der Waals surface area contributed by atoms with Crippen molar-refractivity contribution in [3.8, 4) is 0 Å². The highest BCUT2D eigenvalue weighted by atomic mass is 127. The maximum absolute atomic E-state index is 10.6. The SMILES string of the molecule is CNc1c(I)ccnc1C(=O)O. The van der Waals surface area contributed by atoms with Gasteiger partial charge in [0.2, 0.25) is 0 Å². The molecular weight excluding hydrogens is 271 g/mol. The zero-order valence-electron chi connectivity index (χ0n) is 6.34. The molecule has 0 bridgehead atoms. The van der Waals surface area contributed by atoms with Crippen molar-refractivity contribution in [2.24, 2.45) is 0 Å². The Morgan fingerprint density at radius 1 is 1.75 bits per heavy atom. The van der Waals surface area contributed by atoms with E-state index in [4.69, 9.17) is 5.11 Å². The first kappa shape index (κ1) is 9.24. The van der Waals surface area contributed by atoms with Crippen LogP contribution in [-0.4, -0.2) is 23.1 Å². The highest BCUT2D eigenvalue weighted by Crippen LogP contribution is 2.19. The molecule has 0 radical (unpaired) electrons. The average Bonchev–Trinajstić information content (AvgIpc) is 2.03. The monoisotopic (exact) mass is 278 g/mol. The van der Waals surface area contributed by atoms with E-state index in [-0.39, 0.29) is 5.69 Å². The molecule has 0 spiro atoms. The molecule has 0 atom stereocenters. The fourth-order valence-electron chi connectivity index (χ4n) is 0.838. The number of hydrogen-bond acceptors (Lipinski definition) is 3. The molecule has 0 saturated carbocycles. The quantitative estimate of drug-likeness (QED) is 0.803. The molecule has 5 heteroatoms. The minimum Gasteiger partial charge on any atom is -0.476 e. The van der Waals surface area contributed by atoms with Crippen LogP contribution < -0.4 is 5.32 Å². The summed E-state index contributed by atoms with van der Waals surface area (Å²) in [6, 6.07) is 1.75. The number of aromatic carboxylic acids is 1. The van der Waals surface area contributed by atoms with Gasteiger partial charge in [-0.3, -0.25) is 0 Å². The summed E-state index contributed by atoms with van der Waals surface area (Å²) in [6.45, 7) is 0. The summed E-state index contributed by atoms with van der Waals surface area (Å²) in [5.41, 5.74) is 0.620. The lowest BCUT2D eigenvalue weighted by Crippen LogP contribution is -2.06. The fourth-order valence-corrected chi connectivity index (χ4v) is 1.52. The topological polar surface area (TPSA) is 62.2 Å². The number of rotatable bonds is 2. The molecule has 0 unspecified atom stereocenters. The first-order chi connectivity index (χ1) is 5.66. The molecular formula is C7H7IN2O2. The molecule has 0 fully saturated rings. The predicted molar refractivity (Wildman–Crippen MR) is 53.5 cm³/mol. The Morgan fingerprint density at radius 3 is 2.83 bits per heavy atom. The number of pyridine rings is 1. The lowest BCUT2D eigenvalue weighted by Gasteiger charge is -2.05. The number of carbonyl (C=O) groups is 1. The summed E-state index contributed by atoms with van der Waals surface area (Å²) in [7, 11) is 1.67. The fraction of sp³-hybridized carbons (Fsp3) is 0.143. The third kappa shape index (κ3) is 1.66. The van der Waals surface area contributed by atoms with Crippen molar-refractivity contribution in [3.63, 3.8) is 0 Å². The number of carboxylic acid groups (broad SMARTS) is 1. The summed E-state index contributed by atoms with van der Waals surface area (Å²) in [6.07, 6.45) is 1.48. The number of carboxylic acids is 1. The van der Waals surface area contributed by atoms with Gasteiger partial charge in [0.25, 0.3) is 0 Å². The maximum atomic E-state index is 10.6. The smallest absolute Gasteiger partial charge is 0.356 e. The summed E-state index contributed by atoms with van der Waals surface area (Å²) < 4.78 is 0.850. The van der Waals surface area contributed by atoms with Crippen LogP contribution in [0, 0.1) is 3.57 Å². The Labute approximate surface area is 83.1 Å². The van der Waals surface area contributed by atoms with Crippen LogP contribution in [0.5, 0.6) is 0 Å². The van der Waals surface area contributed by atoms with Gasteiger partial charge in [-0.1, -0.05) is 0 Å². The second-order valence-corrected chi connectivity index (χ2v) is 3.23. The lowest BCUT2D eigenvalue weighted by atomic mass is 10.3. The van der Waals surface area contributed by atoms with Gasteiger partial charge in [0.1, 0.15) is 0 Å². The Morgan fingerprint density at radius 2 is 2.42 bits per heavy atom. The molecule has 0 aromatic carbocycles. The van der Waals surface area contributed by atoms with E-state index in [1.807, 2.05) is 0 Å². The molecule has 0 aliphatic rings. The normalized spacial score (nSPS) is 9.50. The van der Waals surface area contributed by atoms with E-state index in [1.165, 1.54) is 6.20 Å². The van der Waals surface area contributed by atoms with Gasteiger partial charge < -0.3 is 10.4 Å². The van der Waals surface area contributed by atoms with Crippen LogP contribution in [0.2, 0.25) is 0 Å². The number of halogens is 1. The number of hydrogen-bond donors (Lipinski definition) is 2. The number of nitrogens with zero attached hydrogens (tertiary/aromatic N) is 1. The largest absolute Gasteiger partial charge is 0.476 e. The molecule has 12 heavy (non-hydrogen) atoms. The molecule has 1 aromatic heterocycles. The van der Waals surface area contributed by atoms with Gasteiger partial charge in [-0.15, -0.1) is 0 Å². The molecule has 0 aliphatic heterocycles. The molecule has 1 heterocycles. The van der Waals surface area contributed by atoms with E-state index >= 15 is 0 Å². The standard InChI is InChI=1S/C7H7IN2O2/c1-9-5-4(8)2-3-10-6(5)7(11)12/h2-3,9H,1H3,(H,11,12). The number of aromatic nitrogens is 1. The second kappa shape index (κ2) is 3.70. The Hall–Kier alpha value is -0.850. The van der Waals surface area contributed by atoms with Crippen molar-refractivity contribution >= 4 is 34.2 Å². The first-order valence-corrected chi connectivity index (χ1v) is 4.30. The molecule has 1 aromatic rings. The van der Waals surface area contributed by atoms with Gasteiger partial charge in [0.05, 0.1) is 5.69 Å². The Kier molecular flexibility index (Phi) is 2.85.